The molecular weight excluding hydrogens is 278 g/mol. The molecule has 0 saturated heterocycles. The van der Waals surface area contributed by atoms with Crippen molar-refractivity contribution < 1.29 is 14.7 Å². The molecular formula is C18H19NO3. The highest BCUT2D eigenvalue weighted by Gasteiger charge is 2.11. The second kappa shape index (κ2) is 6.98. The number of hydrogen-bond acceptors (Lipinski definition) is 3. The summed E-state index contributed by atoms with van der Waals surface area (Å²) in [5.74, 6) is -0.976. The lowest BCUT2D eigenvalue weighted by Crippen LogP contribution is -2.06. The van der Waals surface area contributed by atoms with E-state index in [2.05, 4.69) is 18.8 Å². The van der Waals surface area contributed by atoms with Crippen molar-refractivity contribution in [3.8, 4) is 11.1 Å². The van der Waals surface area contributed by atoms with Crippen molar-refractivity contribution in [3.63, 3.8) is 0 Å². The van der Waals surface area contributed by atoms with Gasteiger partial charge >= 0.3 is 5.97 Å². The normalized spacial score (nSPS) is 10.7. The minimum Gasteiger partial charge on any atom is -0.481 e. The fourth-order valence-corrected chi connectivity index (χ4v) is 2.30. The molecule has 0 fully saturated rings. The van der Waals surface area contributed by atoms with Gasteiger partial charge in [-0.15, -0.1) is 0 Å². The van der Waals surface area contributed by atoms with E-state index in [9.17, 15) is 9.59 Å². The maximum absolute atomic E-state index is 11.9. The van der Waals surface area contributed by atoms with Gasteiger partial charge in [0.1, 0.15) is 6.42 Å². The summed E-state index contributed by atoms with van der Waals surface area (Å²) >= 11 is 0. The topological polar surface area (TPSA) is 67.3 Å². The Bertz CT molecular complexity index is 692. The van der Waals surface area contributed by atoms with Crippen LogP contribution in [0.5, 0.6) is 0 Å². The number of Topliss-reactive ketones (excluding diaryl/α,β-unsaturated/α-hetero) is 1. The van der Waals surface area contributed by atoms with Crippen LogP contribution in [0.4, 0.5) is 0 Å². The molecule has 0 bridgehead atoms. The molecule has 0 spiro atoms. The monoisotopic (exact) mass is 297 g/mol. The van der Waals surface area contributed by atoms with Crippen molar-refractivity contribution in [1.82, 2.24) is 4.98 Å². The number of hydrogen-bond donors (Lipinski definition) is 1. The molecule has 4 heteroatoms. The highest BCUT2D eigenvalue weighted by atomic mass is 16.4. The van der Waals surface area contributed by atoms with Crippen molar-refractivity contribution >= 4 is 11.8 Å². The number of nitrogens with zero attached hydrogens (tertiary/aromatic N) is 1. The first-order valence-electron chi connectivity index (χ1n) is 7.26. The van der Waals surface area contributed by atoms with Crippen LogP contribution in [0.25, 0.3) is 11.1 Å². The van der Waals surface area contributed by atoms with Gasteiger partial charge in [-0.25, -0.2) is 0 Å². The molecule has 2 aromatic rings. The fraction of sp³-hybridized carbons (Fsp3) is 0.278. The number of benzene rings is 1. The predicted octanol–water partition coefficient (Wildman–Crippen LogP) is 3.60. The van der Waals surface area contributed by atoms with E-state index in [1.54, 1.807) is 24.4 Å². The summed E-state index contributed by atoms with van der Waals surface area (Å²) in [6.07, 6.45) is 2.17. The summed E-state index contributed by atoms with van der Waals surface area (Å²) < 4.78 is 0. The number of carbonyl (C=O) groups is 2. The maximum atomic E-state index is 11.9. The van der Waals surface area contributed by atoms with E-state index >= 15 is 0 Å². The summed E-state index contributed by atoms with van der Waals surface area (Å²) in [4.78, 5) is 26.9. The van der Waals surface area contributed by atoms with Gasteiger partial charge in [-0.05, 0) is 41.7 Å². The first-order valence-corrected chi connectivity index (χ1v) is 7.26. The van der Waals surface area contributed by atoms with E-state index in [-0.39, 0.29) is 5.78 Å². The minimum atomic E-state index is -1.11. The van der Waals surface area contributed by atoms with Crippen LogP contribution in [0, 0.1) is 5.92 Å². The lowest BCUT2D eigenvalue weighted by atomic mass is 9.99. The van der Waals surface area contributed by atoms with Gasteiger partial charge < -0.3 is 5.11 Å². The molecule has 1 aromatic carbocycles. The Morgan fingerprint density at radius 1 is 1.14 bits per heavy atom. The molecule has 1 aromatic heterocycles. The van der Waals surface area contributed by atoms with E-state index < -0.39 is 12.4 Å². The molecule has 0 aliphatic rings. The Kier molecular flexibility index (Phi) is 5.04. The molecule has 0 unspecified atom stereocenters. The number of aromatic nitrogens is 1. The average molecular weight is 297 g/mol. The zero-order valence-corrected chi connectivity index (χ0v) is 12.7. The Morgan fingerprint density at radius 3 is 2.55 bits per heavy atom. The third-order valence-electron chi connectivity index (χ3n) is 3.26. The number of rotatable bonds is 6. The molecule has 0 radical (unpaired) electrons. The van der Waals surface area contributed by atoms with Crippen LogP contribution in [0.2, 0.25) is 0 Å². The summed E-state index contributed by atoms with van der Waals surface area (Å²) in [6, 6.07) is 11.0. The van der Waals surface area contributed by atoms with Crippen molar-refractivity contribution in [2.24, 2.45) is 5.92 Å². The Balaban J connectivity index is 2.29. The quantitative estimate of drug-likeness (QED) is 0.653. The van der Waals surface area contributed by atoms with Crippen molar-refractivity contribution in [1.29, 1.82) is 0 Å². The van der Waals surface area contributed by atoms with Crippen LogP contribution in [0.1, 0.15) is 36.3 Å². The molecule has 1 N–H and O–H groups in total. The van der Waals surface area contributed by atoms with Crippen LogP contribution in [-0.4, -0.2) is 21.8 Å². The number of ketones is 1. The number of carboxylic acid groups (broad SMARTS) is 1. The minimum absolute atomic E-state index is 0.384. The number of carboxylic acids is 1. The molecule has 4 nitrogen and oxygen atoms in total. The third-order valence-corrected chi connectivity index (χ3v) is 3.26. The van der Waals surface area contributed by atoms with Crippen molar-refractivity contribution in [2.45, 2.75) is 26.7 Å². The van der Waals surface area contributed by atoms with Gasteiger partial charge in [0.2, 0.25) is 0 Å². The van der Waals surface area contributed by atoms with Crippen LogP contribution < -0.4 is 0 Å². The Morgan fingerprint density at radius 2 is 1.86 bits per heavy atom. The van der Waals surface area contributed by atoms with Gasteiger partial charge in [-0.1, -0.05) is 32.0 Å². The molecule has 0 saturated carbocycles. The molecule has 0 atom stereocenters. The van der Waals surface area contributed by atoms with E-state index in [1.807, 2.05) is 18.2 Å². The first-order chi connectivity index (χ1) is 10.5. The van der Waals surface area contributed by atoms with Gasteiger partial charge in [0.15, 0.2) is 5.78 Å². The van der Waals surface area contributed by atoms with Crippen LogP contribution in [0.3, 0.4) is 0 Å². The summed E-state index contributed by atoms with van der Waals surface area (Å²) in [6.45, 7) is 4.28. The van der Waals surface area contributed by atoms with Crippen LogP contribution in [-0.2, 0) is 11.2 Å². The summed E-state index contributed by atoms with van der Waals surface area (Å²) in [5, 5.41) is 8.72. The molecule has 0 amide bonds. The fourth-order valence-electron chi connectivity index (χ4n) is 2.30. The first kappa shape index (κ1) is 15.9. The van der Waals surface area contributed by atoms with Crippen molar-refractivity contribution in [2.75, 3.05) is 0 Å². The lowest BCUT2D eigenvalue weighted by Gasteiger charge is -2.08. The highest BCUT2D eigenvalue weighted by Crippen LogP contribution is 2.22. The lowest BCUT2D eigenvalue weighted by molar-refractivity contribution is -0.135. The van der Waals surface area contributed by atoms with E-state index in [1.165, 1.54) is 0 Å². The second-order valence-electron chi connectivity index (χ2n) is 5.71. The van der Waals surface area contributed by atoms with E-state index in [0.29, 0.717) is 11.5 Å². The molecule has 1 heterocycles. The Labute approximate surface area is 129 Å². The van der Waals surface area contributed by atoms with Crippen molar-refractivity contribution in [3.05, 3.63) is 53.9 Å². The van der Waals surface area contributed by atoms with Gasteiger partial charge in [-0.2, -0.15) is 0 Å². The molecule has 2 rings (SSSR count). The predicted molar refractivity (Wildman–Crippen MR) is 84.8 cm³/mol. The van der Waals surface area contributed by atoms with Crippen LogP contribution >= 0.6 is 0 Å². The molecule has 0 aliphatic carbocycles. The maximum Gasteiger partial charge on any atom is 0.311 e. The van der Waals surface area contributed by atoms with E-state index in [4.69, 9.17) is 5.11 Å². The molecule has 22 heavy (non-hydrogen) atoms. The smallest absolute Gasteiger partial charge is 0.311 e. The number of pyridine rings is 1. The average Bonchev–Trinajstić information content (AvgIpc) is 2.46. The molecule has 114 valence electrons. The van der Waals surface area contributed by atoms with Gasteiger partial charge in [-0.3, -0.25) is 14.6 Å². The van der Waals surface area contributed by atoms with Crippen LogP contribution in [0.15, 0.2) is 42.6 Å². The Hall–Kier alpha value is -2.49. The van der Waals surface area contributed by atoms with E-state index in [0.717, 1.165) is 23.2 Å². The zero-order chi connectivity index (χ0) is 16.1. The van der Waals surface area contributed by atoms with Gasteiger partial charge in [0.25, 0.3) is 0 Å². The second-order valence-corrected chi connectivity index (χ2v) is 5.71. The number of aliphatic carboxylic acids is 1. The van der Waals surface area contributed by atoms with Gasteiger partial charge in [0, 0.05) is 17.5 Å². The third kappa shape index (κ3) is 4.25. The zero-order valence-electron chi connectivity index (χ0n) is 12.7. The highest BCUT2D eigenvalue weighted by molar-refractivity contribution is 6.06. The summed E-state index contributed by atoms with van der Waals surface area (Å²) in [7, 11) is 0. The SMILES string of the molecule is CC(C)Cc1cc(-c2cccc(C(=O)CC(=O)O)c2)ccn1. The summed E-state index contributed by atoms with van der Waals surface area (Å²) in [5.41, 5.74) is 3.30. The largest absolute Gasteiger partial charge is 0.481 e. The number of carbonyl (C=O) groups excluding carboxylic acids is 1. The van der Waals surface area contributed by atoms with Gasteiger partial charge in [0.05, 0.1) is 0 Å². The standard InChI is InChI=1S/C18H19NO3/c1-12(2)8-16-10-14(6-7-19-16)13-4-3-5-15(9-13)17(20)11-18(21)22/h3-7,9-10,12H,8,11H2,1-2H3,(H,21,22). The molecule has 0 aliphatic heterocycles.